The van der Waals surface area contributed by atoms with Gasteiger partial charge in [-0.25, -0.2) is 4.98 Å². The van der Waals surface area contributed by atoms with Crippen LogP contribution in [0.1, 0.15) is 31.2 Å². The highest BCUT2D eigenvalue weighted by atomic mass is 16.5. The van der Waals surface area contributed by atoms with Gasteiger partial charge in [0.15, 0.2) is 0 Å². The number of methoxy groups -OCH3 is 1. The quantitative estimate of drug-likeness (QED) is 0.917. The Morgan fingerprint density at radius 3 is 2.53 bits per heavy atom. The lowest BCUT2D eigenvalue weighted by Gasteiger charge is -2.07. The lowest BCUT2D eigenvalue weighted by molar-refractivity contribution is 0.177. The lowest BCUT2D eigenvalue weighted by atomic mass is 10.0. The molecular formula is C15H18N2O2. The first kappa shape index (κ1) is 13.5. The summed E-state index contributed by atoms with van der Waals surface area (Å²) in [5, 5.41) is 0. The Hall–Kier alpha value is -1.94. The molecule has 19 heavy (non-hydrogen) atoms. The van der Waals surface area contributed by atoms with Gasteiger partial charge in [0.2, 0.25) is 0 Å². The van der Waals surface area contributed by atoms with Crippen LogP contribution in [0.3, 0.4) is 0 Å². The minimum Gasteiger partial charge on any atom is -0.377 e. The van der Waals surface area contributed by atoms with E-state index in [1.807, 2.05) is 12.1 Å². The van der Waals surface area contributed by atoms with Crippen LogP contribution >= 0.6 is 0 Å². The van der Waals surface area contributed by atoms with Gasteiger partial charge < -0.3 is 9.72 Å². The molecule has 1 heterocycles. The molecule has 100 valence electrons. The van der Waals surface area contributed by atoms with E-state index in [4.69, 9.17) is 4.74 Å². The van der Waals surface area contributed by atoms with Gasteiger partial charge in [-0.05, 0) is 11.5 Å². The van der Waals surface area contributed by atoms with Crippen molar-refractivity contribution in [2.75, 3.05) is 7.11 Å². The second-order valence-corrected chi connectivity index (χ2v) is 4.79. The summed E-state index contributed by atoms with van der Waals surface area (Å²) in [7, 11) is 1.57. The number of aromatic nitrogens is 2. The summed E-state index contributed by atoms with van der Waals surface area (Å²) in [6, 6.07) is 9.63. The fourth-order valence-corrected chi connectivity index (χ4v) is 1.90. The van der Waals surface area contributed by atoms with Crippen molar-refractivity contribution in [1.29, 1.82) is 0 Å². The predicted molar refractivity (Wildman–Crippen MR) is 75.1 cm³/mol. The average molecular weight is 258 g/mol. The zero-order valence-corrected chi connectivity index (χ0v) is 11.4. The molecule has 0 saturated heterocycles. The van der Waals surface area contributed by atoms with E-state index in [0.717, 1.165) is 5.56 Å². The first-order chi connectivity index (χ1) is 9.10. The van der Waals surface area contributed by atoms with Gasteiger partial charge >= 0.3 is 0 Å². The monoisotopic (exact) mass is 258 g/mol. The Bertz CT molecular complexity index is 600. The lowest BCUT2D eigenvalue weighted by Crippen LogP contribution is -2.11. The molecule has 0 amide bonds. The van der Waals surface area contributed by atoms with Gasteiger partial charge in [-0.1, -0.05) is 38.1 Å². The van der Waals surface area contributed by atoms with Gasteiger partial charge in [0, 0.05) is 18.7 Å². The van der Waals surface area contributed by atoms with Crippen LogP contribution in [0.5, 0.6) is 0 Å². The second kappa shape index (κ2) is 5.80. The highest BCUT2D eigenvalue weighted by molar-refractivity contribution is 5.59. The Morgan fingerprint density at radius 1 is 1.26 bits per heavy atom. The minimum atomic E-state index is -0.162. The van der Waals surface area contributed by atoms with Crippen LogP contribution in [0.4, 0.5) is 0 Å². The van der Waals surface area contributed by atoms with Crippen LogP contribution < -0.4 is 5.56 Å². The van der Waals surface area contributed by atoms with Crippen molar-refractivity contribution >= 4 is 0 Å². The van der Waals surface area contributed by atoms with Crippen molar-refractivity contribution in [3.63, 3.8) is 0 Å². The Morgan fingerprint density at radius 2 is 1.95 bits per heavy atom. The van der Waals surface area contributed by atoms with Crippen molar-refractivity contribution in [2.24, 2.45) is 0 Å². The van der Waals surface area contributed by atoms with E-state index in [2.05, 4.69) is 35.9 Å². The first-order valence-corrected chi connectivity index (χ1v) is 6.29. The summed E-state index contributed by atoms with van der Waals surface area (Å²) in [4.78, 5) is 18.6. The molecule has 2 aromatic rings. The summed E-state index contributed by atoms with van der Waals surface area (Å²) in [6.07, 6.45) is 0. The molecule has 0 bridgehead atoms. The highest BCUT2D eigenvalue weighted by Crippen LogP contribution is 2.20. The Labute approximate surface area is 112 Å². The number of nitrogens with one attached hydrogen (secondary N) is 1. The summed E-state index contributed by atoms with van der Waals surface area (Å²) in [5.41, 5.74) is 2.72. The molecule has 0 aliphatic heterocycles. The van der Waals surface area contributed by atoms with E-state index in [9.17, 15) is 4.79 Å². The van der Waals surface area contributed by atoms with Gasteiger partial charge in [0.05, 0.1) is 5.69 Å². The third kappa shape index (κ3) is 3.29. The molecule has 0 aliphatic rings. The Kier molecular flexibility index (Phi) is 4.12. The van der Waals surface area contributed by atoms with Gasteiger partial charge in [-0.2, -0.15) is 0 Å². The van der Waals surface area contributed by atoms with Crippen LogP contribution in [-0.4, -0.2) is 17.1 Å². The molecule has 0 saturated carbocycles. The normalized spacial score (nSPS) is 10.9. The molecule has 1 aromatic heterocycles. The molecule has 0 unspecified atom stereocenters. The maximum Gasteiger partial charge on any atom is 0.251 e. The predicted octanol–water partition coefficient (Wildman–Crippen LogP) is 2.71. The smallest absolute Gasteiger partial charge is 0.251 e. The molecule has 0 atom stereocenters. The van der Waals surface area contributed by atoms with E-state index in [1.54, 1.807) is 7.11 Å². The van der Waals surface area contributed by atoms with Gasteiger partial charge in [0.1, 0.15) is 12.4 Å². The van der Waals surface area contributed by atoms with E-state index >= 15 is 0 Å². The molecule has 4 nitrogen and oxygen atoms in total. The number of aromatic amines is 1. The molecule has 0 fully saturated rings. The summed E-state index contributed by atoms with van der Waals surface area (Å²) in [6.45, 7) is 4.60. The van der Waals surface area contributed by atoms with Crippen LogP contribution in [0, 0.1) is 0 Å². The molecule has 1 N–H and O–H groups in total. The average Bonchev–Trinajstić information content (AvgIpc) is 2.38. The third-order valence-electron chi connectivity index (χ3n) is 2.94. The fraction of sp³-hybridized carbons (Fsp3) is 0.333. The van der Waals surface area contributed by atoms with Crippen molar-refractivity contribution in [2.45, 2.75) is 26.4 Å². The van der Waals surface area contributed by atoms with E-state index in [1.165, 1.54) is 11.6 Å². The maximum absolute atomic E-state index is 11.6. The zero-order valence-electron chi connectivity index (χ0n) is 11.4. The fourth-order valence-electron chi connectivity index (χ4n) is 1.90. The van der Waals surface area contributed by atoms with Crippen LogP contribution in [0.25, 0.3) is 11.3 Å². The van der Waals surface area contributed by atoms with Crippen molar-refractivity contribution in [3.05, 3.63) is 52.1 Å². The Balaban J connectivity index is 2.38. The number of hydrogen-bond acceptors (Lipinski definition) is 3. The van der Waals surface area contributed by atoms with E-state index in [0.29, 0.717) is 24.0 Å². The number of H-pyrrole nitrogens is 1. The number of rotatable bonds is 4. The van der Waals surface area contributed by atoms with Crippen LogP contribution in [-0.2, 0) is 11.3 Å². The van der Waals surface area contributed by atoms with Crippen molar-refractivity contribution < 1.29 is 4.74 Å². The molecule has 2 rings (SSSR count). The summed E-state index contributed by atoms with van der Waals surface area (Å²) >= 11 is 0. The third-order valence-corrected chi connectivity index (χ3v) is 2.94. The van der Waals surface area contributed by atoms with E-state index < -0.39 is 0 Å². The number of ether oxygens (including phenoxy) is 1. The van der Waals surface area contributed by atoms with Crippen LogP contribution in [0.2, 0.25) is 0 Å². The van der Waals surface area contributed by atoms with Crippen LogP contribution in [0.15, 0.2) is 35.1 Å². The molecular weight excluding hydrogens is 240 g/mol. The van der Waals surface area contributed by atoms with Crippen molar-refractivity contribution in [1.82, 2.24) is 9.97 Å². The number of hydrogen-bond donors (Lipinski definition) is 1. The van der Waals surface area contributed by atoms with Gasteiger partial charge in [-0.3, -0.25) is 4.79 Å². The van der Waals surface area contributed by atoms with Crippen molar-refractivity contribution in [3.8, 4) is 11.3 Å². The molecule has 0 spiro atoms. The van der Waals surface area contributed by atoms with E-state index in [-0.39, 0.29) is 5.56 Å². The molecule has 4 heteroatoms. The molecule has 0 aliphatic carbocycles. The SMILES string of the molecule is COCc1nc(-c2ccc(C(C)C)cc2)cc(=O)[nH]1. The van der Waals surface area contributed by atoms with Gasteiger partial charge in [-0.15, -0.1) is 0 Å². The first-order valence-electron chi connectivity index (χ1n) is 6.29. The molecule has 1 aromatic carbocycles. The standard InChI is InChI=1S/C15H18N2O2/c1-10(2)11-4-6-12(7-5-11)13-8-15(18)17-14(16-13)9-19-3/h4-8,10H,9H2,1-3H3,(H,16,17,18). The maximum atomic E-state index is 11.6. The number of nitrogens with zero attached hydrogens (tertiary/aromatic N) is 1. The molecule has 0 radical (unpaired) electrons. The minimum absolute atomic E-state index is 0.162. The van der Waals surface area contributed by atoms with Gasteiger partial charge in [0.25, 0.3) is 5.56 Å². The zero-order chi connectivity index (χ0) is 13.8. The second-order valence-electron chi connectivity index (χ2n) is 4.79. The summed E-state index contributed by atoms with van der Waals surface area (Å²) < 4.78 is 4.99. The topological polar surface area (TPSA) is 55.0 Å². The summed E-state index contributed by atoms with van der Waals surface area (Å²) in [5.74, 6) is 1.03. The highest BCUT2D eigenvalue weighted by Gasteiger charge is 2.05. The number of benzene rings is 1. The largest absolute Gasteiger partial charge is 0.377 e.